The van der Waals surface area contributed by atoms with Crippen LogP contribution < -0.4 is 0 Å². The smallest absolute Gasteiger partial charge is 0.325 e. The van der Waals surface area contributed by atoms with Crippen molar-refractivity contribution in [1.82, 2.24) is 9.80 Å². The highest BCUT2D eigenvalue weighted by atomic mass is 31.2. The highest BCUT2D eigenvalue weighted by Gasteiger charge is 2.15. The van der Waals surface area contributed by atoms with Gasteiger partial charge in [0.05, 0.1) is 12.8 Å². The second-order valence-electron chi connectivity index (χ2n) is 4.16. The third kappa shape index (κ3) is 5.54. The zero-order valence-electron chi connectivity index (χ0n) is 9.75. The van der Waals surface area contributed by atoms with E-state index in [1.807, 2.05) is 12.4 Å². The minimum atomic E-state index is -3.82. The maximum absolute atomic E-state index is 10.7. The summed E-state index contributed by atoms with van der Waals surface area (Å²) in [5.41, 5.74) is 0. The standard InChI is InChI=1S/C10H21N2O3P/c1-2-3-5-11-7-8-12(10-11)6-4-9-16(13,14)15/h7-8H,2-6,9-10H2,1H3,(H2,13,14,15). The van der Waals surface area contributed by atoms with Crippen molar-refractivity contribution in [3.63, 3.8) is 0 Å². The molecular weight excluding hydrogens is 227 g/mol. The Morgan fingerprint density at radius 3 is 2.25 bits per heavy atom. The molecule has 1 rings (SSSR count). The minimum absolute atomic E-state index is 0.0215. The number of unbranched alkanes of at least 4 members (excludes halogenated alkanes) is 1. The van der Waals surface area contributed by atoms with Gasteiger partial charge in [-0.2, -0.15) is 0 Å². The zero-order chi connectivity index (χ0) is 12.0. The van der Waals surface area contributed by atoms with Crippen LogP contribution in [0, 0.1) is 0 Å². The summed E-state index contributed by atoms with van der Waals surface area (Å²) in [6, 6.07) is 0. The first kappa shape index (κ1) is 13.6. The number of hydrogen-bond acceptors (Lipinski definition) is 3. The van der Waals surface area contributed by atoms with Gasteiger partial charge in [0.15, 0.2) is 0 Å². The zero-order valence-corrected chi connectivity index (χ0v) is 10.6. The maximum atomic E-state index is 10.7. The van der Waals surface area contributed by atoms with Crippen LogP contribution in [0.5, 0.6) is 0 Å². The maximum Gasteiger partial charge on any atom is 0.325 e. The van der Waals surface area contributed by atoms with E-state index in [4.69, 9.17) is 9.79 Å². The number of hydrogen-bond donors (Lipinski definition) is 2. The van der Waals surface area contributed by atoms with E-state index in [1.54, 1.807) is 0 Å². The molecule has 0 aromatic rings. The molecule has 1 aliphatic rings. The first-order valence-electron chi connectivity index (χ1n) is 5.72. The lowest BCUT2D eigenvalue weighted by Crippen LogP contribution is -2.27. The first-order valence-corrected chi connectivity index (χ1v) is 7.52. The van der Waals surface area contributed by atoms with Gasteiger partial charge in [-0.25, -0.2) is 0 Å². The van der Waals surface area contributed by atoms with Crippen LogP contribution in [0.3, 0.4) is 0 Å². The Morgan fingerprint density at radius 2 is 1.75 bits per heavy atom. The van der Waals surface area contributed by atoms with Crippen molar-refractivity contribution in [2.45, 2.75) is 26.2 Å². The summed E-state index contributed by atoms with van der Waals surface area (Å²) in [5.74, 6) is 0. The van der Waals surface area contributed by atoms with Gasteiger partial charge in [-0.1, -0.05) is 13.3 Å². The molecule has 94 valence electrons. The molecule has 0 saturated carbocycles. The van der Waals surface area contributed by atoms with Crippen molar-refractivity contribution in [1.29, 1.82) is 0 Å². The second-order valence-corrected chi connectivity index (χ2v) is 5.94. The minimum Gasteiger partial charge on any atom is -0.359 e. The van der Waals surface area contributed by atoms with E-state index in [0.717, 1.165) is 13.2 Å². The van der Waals surface area contributed by atoms with Gasteiger partial charge >= 0.3 is 7.60 Å². The molecule has 0 aromatic heterocycles. The Labute approximate surface area is 96.9 Å². The van der Waals surface area contributed by atoms with Crippen molar-refractivity contribution < 1.29 is 14.4 Å². The summed E-state index contributed by atoms with van der Waals surface area (Å²) in [6.45, 7) is 4.78. The van der Waals surface area contributed by atoms with E-state index in [1.165, 1.54) is 12.8 Å². The van der Waals surface area contributed by atoms with Crippen molar-refractivity contribution >= 4 is 7.60 Å². The molecule has 6 heteroatoms. The molecule has 0 spiro atoms. The molecule has 0 unspecified atom stereocenters. The van der Waals surface area contributed by atoms with E-state index >= 15 is 0 Å². The highest BCUT2D eigenvalue weighted by Crippen LogP contribution is 2.34. The molecule has 16 heavy (non-hydrogen) atoms. The molecule has 0 amide bonds. The molecule has 0 fully saturated rings. The summed E-state index contributed by atoms with van der Waals surface area (Å²) in [7, 11) is -3.82. The predicted octanol–water partition coefficient (Wildman–Crippen LogP) is 1.40. The van der Waals surface area contributed by atoms with Gasteiger partial charge in [0, 0.05) is 25.5 Å². The molecule has 1 aliphatic heterocycles. The number of nitrogens with zero attached hydrogens (tertiary/aromatic N) is 2. The fraction of sp³-hybridized carbons (Fsp3) is 0.800. The molecule has 2 N–H and O–H groups in total. The highest BCUT2D eigenvalue weighted by molar-refractivity contribution is 7.51. The molecule has 0 saturated heterocycles. The van der Waals surface area contributed by atoms with Gasteiger partial charge in [-0.05, 0) is 12.8 Å². The monoisotopic (exact) mass is 248 g/mol. The van der Waals surface area contributed by atoms with Crippen molar-refractivity contribution in [2.24, 2.45) is 0 Å². The Hall–Kier alpha value is -0.510. The Morgan fingerprint density at radius 1 is 1.19 bits per heavy atom. The van der Waals surface area contributed by atoms with E-state index in [-0.39, 0.29) is 6.16 Å². The Bertz CT molecular complexity index is 277. The van der Waals surface area contributed by atoms with Crippen LogP contribution >= 0.6 is 7.60 Å². The van der Waals surface area contributed by atoms with Crippen LogP contribution in [-0.4, -0.2) is 45.5 Å². The molecule has 0 atom stereocenters. The van der Waals surface area contributed by atoms with E-state index in [0.29, 0.717) is 13.0 Å². The van der Waals surface area contributed by atoms with Gasteiger partial charge in [0.2, 0.25) is 0 Å². The third-order valence-electron chi connectivity index (χ3n) is 2.55. The lowest BCUT2D eigenvalue weighted by atomic mass is 10.3. The van der Waals surface area contributed by atoms with Crippen LogP contribution in [0.4, 0.5) is 0 Å². The topological polar surface area (TPSA) is 64.0 Å². The van der Waals surface area contributed by atoms with Crippen molar-refractivity contribution in [3.8, 4) is 0 Å². The van der Waals surface area contributed by atoms with Gasteiger partial charge in [0.1, 0.15) is 0 Å². The van der Waals surface area contributed by atoms with Gasteiger partial charge in [-0.3, -0.25) is 4.57 Å². The molecular formula is C10H21N2O3P. The summed E-state index contributed by atoms with van der Waals surface area (Å²) < 4.78 is 10.7. The Kier molecular flexibility index (Phi) is 5.32. The summed E-state index contributed by atoms with van der Waals surface area (Å²) in [6.07, 6.45) is 6.92. The van der Waals surface area contributed by atoms with E-state index in [2.05, 4.69) is 16.7 Å². The molecule has 0 aliphatic carbocycles. The lowest BCUT2D eigenvalue weighted by molar-refractivity contribution is 0.261. The SMILES string of the molecule is CCCCN1C=CN(CCCP(=O)(O)O)C1. The molecule has 1 heterocycles. The van der Waals surface area contributed by atoms with Gasteiger partial charge in [-0.15, -0.1) is 0 Å². The molecule has 0 bridgehead atoms. The fourth-order valence-corrected chi connectivity index (χ4v) is 2.20. The largest absolute Gasteiger partial charge is 0.359 e. The van der Waals surface area contributed by atoms with Crippen LogP contribution in [0.25, 0.3) is 0 Å². The molecule has 0 aromatic carbocycles. The van der Waals surface area contributed by atoms with Crippen molar-refractivity contribution in [2.75, 3.05) is 25.9 Å². The fourth-order valence-electron chi connectivity index (χ4n) is 1.65. The normalized spacial score (nSPS) is 16.2. The molecule has 0 radical (unpaired) electrons. The second kappa shape index (κ2) is 6.28. The van der Waals surface area contributed by atoms with Crippen LogP contribution in [0.1, 0.15) is 26.2 Å². The number of rotatable bonds is 7. The molecule has 5 nitrogen and oxygen atoms in total. The van der Waals surface area contributed by atoms with Crippen molar-refractivity contribution in [3.05, 3.63) is 12.4 Å². The van der Waals surface area contributed by atoms with Gasteiger partial charge < -0.3 is 19.6 Å². The van der Waals surface area contributed by atoms with E-state index < -0.39 is 7.60 Å². The van der Waals surface area contributed by atoms with Crippen LogP contribution in [0.2, 0.25) is 0 Å². The van der Waals surface area contributed by atoms with Crippen LogP contribution in [-0.2, 0) is 4.57 Å². The lowest BCUT2D eigenvalue weighted by Gasteiger charge is -2.21. The summed E-state index contributed by atoms with van der Waals surface area (Å²) in [5, 5.41) is 0. The van der Waals surface area contributed by atoms with Gasteiger partial charge in [0.25, 0.3) is 0 Å². The van der Waals surface area contributed by atoms with Crippen LogP contribution in [0.15, 0.2) is 12.4 Å². The third-order valence-corrected chi connectivity index (χ3v) is 3.44. The summed E-state index contributed by atoms with van der Waals surface area (Å²) >= 11 is 0. The van der Waals surface area contributed by atoms with E-state index in [9.17, 15) is 4.57 Å². The first-order chi connectivity index (χ1) is 7.51. The Balaban J connectivity index is 2.13. The summed E-state index contributed by atoms with van der Waals surface area (Å²) in [4.78, 5) is 21.8. The predicted molar refractivity (Wildman–Crippen MR) is 63.9 cm³/mol. The average Bonchev–Trinajstić information content (AvgIpc) is 2.61. The quantitative estimate of drug-likeness (QED) is 0.667. The average molecular weight is 248 g/mol.